The van der Waals surface area contributed by atoms with Crippen molar-refractivity contribution in [3.05, 3.63) is 23.8 Å². The van der Waals surface area contributed by atoms with Gasteiger partial charge in [-0.3, -0.25) is 4.79 Å². The highest BCUT2D eigenvalue weighted by Crippen LogP contribution is 2.42. The maximum atomic E-state index is 11.4. The van der Waals surface area contributed by atoms with E-state index < -0.39 is 11.9 Å². The smallest absolute Gasteiger partial charge is 0.311 e. The van der Waals surface area contributed by atoms with E-state index in [2.05, 4.69) is 0 Å². The number of fused-ring (bicyclic) bond motifs is 1. The Balaban J connectivity index is 1.91. The molecule has 1 saturated carbocycles. The molecular weight excluding hydrogens is 232 g/mol. The molecule has 1 aliphatic carbocycles. The number of carboxylic acid groups (broad SMARTS) is 1. The van der Waals surface area contributed by atoms with Gasteiger partial charge in [0.05, 0.1) is 5.92 Å². The Bertz CT molecular complexity index is 465. The fourth-order valence-corrected chi connectivity index (χ4v) is 2.64. The van der Waals surface area contributed by atoms with Crippen LogP contribution >= 0.6 is 0 Å². The molecule has 1 aromatic carbocycles. The van der Waals surface area contributed by atoms with E-state index in [0.717, 1.165) is 24.8 Å². The van der Waals surface area contributed by atoms with E-state index in [1.54, 1.807) is 0 Å². The third-order valence-corrected chi connectivity index (χ3v) is 3.81. The lowest BCUT2D eigenvalue weighted by molar-refractivity contribution is -0.141. The minimum atomic E-state index is -0.739. The number of carboxylic acids is 1. The van der Waals surface area contributed by atoms with E-state index in [1.807, 2.05) is 18.2 Å². The highest BCUT2D eigenvalue weighted by Gasteiger charge is 2.34. The molecule has 1 aromatic rings. The van der Waals surface area contributed by atoms with Crippen LogP contribution < -0.4 is 9.47 Å². The molecule has 4 nitrogen and oxygen atoms in total. The molecule has 4 heteroatoms. The number of carbonyl (C=O) groups is 1. The first-order valence-electron chi connectivity index (χ1n) is 6.38. The predicted molar refractivity (Wildman–Crippen MR) is 65.1 cm³/mol. The van der Waals surface area contributed by atoms with Crippen molar-refractivity contribution in [1.29, 1.82) is 0 Å². The van der Waals surface area contributed by atoms with E-state index in [0.29, 0.717) is 24.7 Å². The third kappa shape index (κ3) is 1.92. The van der Waals surface area contributed by atoms with Gasteiger partial charge >= 0.3 is 5.97 Å². The molecule has 1 atom stereocenters. The Kier molecular flexibility index (Phi) is 2.86. The summed E-state index contributed by atoms with van der Waals surface area (Å²) in [6.07, 6.45) is 3.15. The van der Waals surface area contributed by atoms with Crippen molar-refractivity contribution in [2.45, 2.75) is 25.2 Å². The first kappa shape index (κ1) is 11.4. The van der Waals surface area contributed by atoms with Gasteiger partial charge in [-0.15, -0.1) is 0 Å². The number of ether oxygens (including phenoxy) is 2. The van der Waals surface area contributed by atoms with Gasteiger partial charge in [0.15, 0.2) is 11.5 Å². The van der Waals surface area contributed by atoms with Crippen molar-refractivity contribution in [1.82, 2.24) is 0 Å². The second-order valence-corrected chi connectivity index (χ2v) is 4.91. The van der Waals surface area contributed by atoms with Gasteiger partial charge in [-0.05, 0) is 36.5 Å². The Morgan fingerprint density at radius 2 is 1.94 bits per heavy atom. The highest BCUT2D eigenvalue weighted by atomic mass is 16.6. The number of aliphatic carboxylic acids is 1. The van der Waals surface area contributed by atoms with Crippen molar-refractivity contribution < 1.29 is 19.4 Å². The van der Waals surface area contributed by atoms with Gasteiger partial charge in [0.1, 0.15) is 13.2 Å². The van der Waals surface area contributed by atoms with Gasteiger partial charge in [0, 0.05) is 0 Å². The van der Waals surface area contributed by atoms with Gasteiger partial charge < -0.3 is 14.6 Å². The summed E-state index contributed by atoms with van der Waals surface area (Å²) in [4.78, 5) is 11.4. The number of rotatable bonds is 3. The number of hydrogen-bond donors (Lipinski definition) is 1. The lowest BCUT2D eigenvalue weighted by Crippen LogP contribution is -2.27. The summed E-state index contributed by atoms with van der Waals surface area (Å²) in [5.41, 5.74) is 0.830. The summed E-state index contributed by atoms with van der Waals surface area (Å²) < 4.78 is 11.0. The largest absolute Gasteiger partial charge is 0.486 e. The fourth-order valence-electron chi connectivity index (χ4n) is 2.64. The average Bonchev–Trinajstić information content (AvgIpc) is 2.32. The first-order valence-corrected chi connectivity index (χ1v) is 6.38. The number of benzene rings is 1. The summed E-state index contributed by atoms with van der Waals surface area (Å²) in [5.74, 6) is 0.503. The minimum Gasteiger partial charge on any atom is -0.486 e. The van der Waals surface area contributed by atoms with Gasteiger partial charge in [0.25, 0.3) is 0 Å². The normalized spacial score (nSPS) is 20.0. The summed E-state index contributed by atoms with van der Waals surface area (Å²) in [6.45, 7) is 1.08. The van der Waals surface area contributed by atoms with Gasteiger partial charge in [-0.25, -0.2) is 0 Å². The quantitative estimate of drug-likeness (QED) is 0.892. The third-order valence-electron chi connectivity index (χ3n) is 3.81. The lowest BCUT2D eigenvalue weighted by atomic mass is 9.73. The molecule has 96 valence electrons. The monoisotopic (exact) mass is 248 g/mol. The van der Waals surface area contributed by atoms with Gasteiger partial charge in [-0.2, -0.15) is 0 Å². The van der Waals surface area contributed by atoms with Crippen molar-refractivity contribution in [2.75, 3.05) is 13.2 Å². The van der Waals surface area contributed by atoms with Crippen molar-refractivity contribution in [3.63, 3.8) is 0 Å². The molecule has 0 spiro atoms. The SMILES string of the molecule is O=C(O)C(c1ccc2c(c1)OCCO2)C1CCC1. The zero-order chi connectivity index (χ0) is 12.5. The topological polar surface area (TPSA) is 55.8 Å². The lowest BCUT2D eigenvalue weighted by Gasteiger charge is -2.32. The molecule has 18 heavy (non-hydrogen) atoms. The molecular formula is C14H16O4. The van der Waals surface area contributed by atoms with Crippen LogP contribution in [-0.2, 0) is 4.79 Å². The highest BCUT2D eigenvalue weighted by molar-refractivity contribution is 5.77. The molecule has 0 amide bonds. The van der Waals surface area contributed by atoms with Crippen molar-refractivity contribution >= 4 is 5.97 Å². The fraction of sp³-hybridized carbons (Fsp3) is 0.500. The van der Waals surface area contributed by atoms with Gasteiger partial charge in [-0.1, -0.05) is 12.5 Å². The second-order valence-electron chi connectivity index (χ2n) is 4.91. The van der Waals surface area contributed by atoms with Crippen LogP contribution in [0.5, 0.6) is 11.5 Å². The van der Waals surface area contributed by atoms with Gasteiger partial charge in [0.2, 0.25) is 0 Å². The van der Waals surface area contributed by atoms with E-state index in [-0.39, 0.29) is 5.92 Å². The molecule has 0 radical (unpaired) electrons. The standard InChI is InChI=1S/C14H16O4/c15-14(16)13(9-2-1-3-9)10-4-5-11-12(8-10)18-7-6-17-11/h4-5,8-9,13H,1-3,6-7H2,(H,15,16). The molecule has 1 unspecified atom stereocenters. The zero-order valence-electron chi connectivity index (χ0n) is 10.1. The molecule has 1 heterocycles. The molecule has 1 aliphatic heterocycles. The van der Waals surface area contributed by atoms with E-state index in [1.165, 1.54) is 0 Å². The molecule has 2 aliphatic rings. The van der Waals surface area contributed by atoms with Crippen molar-refractivity contribution in [2.24, 2.45) is 5.92 Å². The van der Waals surface area contributed by atoms with Crippen LogP contribution in [0.4, 0.5) is 0 Å². The van der Waals surface area contributed by atoms with Crippen molar-refractivity contribution in [3.8, 4) is 11.5 Å². The summed E-state index contributed by atoms with van der Waals surface area (Å²) in [5, 5.41) is 9.39. The molecule has 3 rings (SSSR count). The van der Waals surface area contributed by atoms with Crippen LogP contribution in [0.15, 0.2) is 18.2 Å². The minimum absolute atomic E-state index is 0.269. The van der Waals surface area contributed by atoms with Crippen LogP contribution in [0, 0.1) is 5.92 Å². The maximum absolute atomic E-state index is 11.4. The van der Waals surface area contributed by atoms with Crippen LogP contribution in [0.25, 0.3) is 0 Å². The zero-order valence-corrected chi connectivity index (χ0v) is 10.1. The van der Waals surface area contributed by atoms with Crippen LogP contribution in [0.2, 0.25) is 0 Å². The summed E-state index contributed by atoms with van der Waals surface area (Å²) in [7, 11) is 0. The van der Waals surface area contributed by atoms with E-state index in [4.69, 9.17) is 9.47 Å². The molecule has 0 aromatic heterocycles. The Morgan fingerprint density at radius 1 is 1.22 bits per heavy atom. The molecule has 1 fully saturated rings. The van der Waals surface area contributed by atoms with Crippen LogP contribution in [-0.4, -0.2) is 24.3 Å². The molecule has 1 N–H and O–H groups in total. The first-order chi connectivity index (χ1) is 8.75. The summed E-state index contributed by atoms with van der Waals surface area (Å²) >= 11 is 0. The average molecular weight is 248 g/mol. The summed E-state index contributed by atoms with van der Waals surface area (Å²) in [6, 6.07) is 5.49. The van der Waals surface area contributed by atoms with E-state index >= 15 is 0 Å². The molecule has 0 bridgehead atoms. The van der Waals surface area contributed by atoms with Crippen LogP contribution in [0.3, 0.4) is 0 Å². The Morgan fingerprint density at radius 3 is 2.56 bits per heavy atom. The van der Waals surface area contributed by atoms with Crippen LogP contribution in [0.1, 0.15) is 30.7 Å². The second kappa shape index (κ2) is 4.52. The molecule has 0 saturated heterocycles. The number of hydrogen-bond acceptors (Lipinski definition) is 3. The Labute approximate surface area is 106 Å². The predicted octanol–water partition coefficient (Wildman–Crippen LogP) is 2.43. The maximum Gasteiger partial charge on any atom is 0.311 e. The van der Waals surface area contributed by atoms with E-state index in [9.17, 15) is 9.90 Å². The Hall–Kier alpha value is -1.71.